The Morgan fingerprint density at radius 2 is 1.88 bits per heavy atom. The van der Waals surface area contributed by atoms with E-state index in [1.807, 2.05) is 43.3 Å². The number of nitrogens with zero attached hydrogens (tertiary/aromatic N) is 2. The van der Waals surface area contributed by atoms with Crippen molar-refractivity contribution in [1.82, 2.24) is 15.6 Å². The van der Waals surface area contributed by atoms with Crippen LogP contribution < -0.4 is 16.0 Å². The molecule has 0 fully saturated rings. The van der Waals surface area contributed by atoms with E-state index < -0.39 is 0 Å². The number of amides is 1. The lowest BCUT2D eigenvalue weighted by molar-refractivity contribution is -0.116. The number of hydrogen-bond donors (Lipinski definition) is 3. The van der Waals surface area contributed by atoms with Gasteiger partial charge in [-0.3, -0.25) is 9.79 Å². The summed E-state index contributed by atoms with van der Waals surface area (Å²) in [5.74, 6) is 1.12. The monoisotopic (exact) mass is 373 g/mol. The molecule has 0 radical (unpaired) electrons. The first-order chi connectivity index (χ1) is 12.6. The van der Waals surface area contributed by atoms with E-state index in [-0.39, 0.29) is 5.91 Å². The van der Waals surface area contributed by atoms with E-state index in [4.69, 9.17) is 11.6 Å². The third-order valence-corrected chi connectivity index (χ3v) is 4.04. The summed E-state index contributed by atoms with van der Waals surface area (Å²) in [4.78, 5) is 20.4. The number of halogens is 1. The summed E-state index contributed by atoms with van der Waals surface area (Å²) in [6, 6.07) is 13.3. The molecule has 3 N–H and O–H groups in total. The van der Waals surface area contributed by atoms with Crippen LogP contribution in [-0.2, 0) is 11.2 Å². The quantitative estimate of drug-likeness (QED) is 0.515. The number of guanidine groups is 1. The van der Waals surface area contributed by atoms with Gasteiger partial charge in [-0.15, -0.1) is 0 Å². The van der Waals surface area contributed by atoms with E-state index >= 15 is 0 Å². The van der Waals surface area contributed by atoms with E-state index in [2.05, 4.69) is 25.9 Å². The molecule has 138 valence electrons. The van der Waals surface area contributed by atoms with Gasteiger partial charge in [0.1, 0.15) is 5.82 Å². The predicted octanol–water partition coefficient (Wildman–Crippen LogP) is 2.78. The van der Waals surface area contributed by atoms with Gasteiger partial charge in [-0.2, -0.15) is 0 Å². The highest BCUT2D eigenvalue weighted by Crippen LogP contribution is 2.14. The molecule has 0 aliphatic carbocycles. The molecule has 1 heterocycles. The standard InChI is InChI=1S/C19H24ClN5O/c1-14-6-5-9-17(24-14)25-18(26)11-13-23-19(21-2)22-12-10-15-7-3-4-8-16(15)20/h3-9H,10-13H2,1-2H3,(H2,21,22,23)(H,24,25,26). The molecule has 0 aliphatic heterocycles. The maximum absolute atomic E-state index is 12.0. The molecule has 0 atom stereocenters. The first kappa shape index (κ1) is 19.7. The summed E-state index contributed by atoms with van der Waals surface area (Å²) < 4.78 is 0. The van der Waals surface area contributed by atoms with E-state index in [1.54, 1.807) is 13.1 Å². The largest absolute Gasteiger partial charge is 0.356 e. The van der Waals surface area contributed by atoms with Gasteiger partial charge in [-0.05, 0) is 37.1 Å². The van der Waals surface area contributed by atoms with Gasteiger partial charge in [0, 0.05) is 37.3 Å². The fraction of sp³-hybridized carbons (Fsp3) is 0.316. The van der Waals surface area contributed by atoms with Crippen molar-refractivity contribution in [1.29, 1.82) is 0 Å². The molecule has 1 amide bonds. The number of benzene rings is 1. The number of aliphatic imine (C=N–C) groups is 1. The van der Waals surface area contributed by atoms with Crippen molar-refractivity contribution >= 4 is 29.3 Å². The highest BCUT2D eigenvalue weighted by molar-refractivity contribution is 6.31. The minimum absolute atomic E-state index is 0.0953. The first-order valence-electron chi connectivity index (χ1n) is 8.50. The number of carbonyl (C=O) groups is 1. The van der Waals surface area contributed by atoms with Gasteiger partial charge in [-0.1, -0.05) is 35.9 Å². The second-order valence-corrected chi connectivity index (χ2v) is 6.14. The smallest absolute Gasteiger partial charge is 0.227 e. The summed E-state index contributed by atoms with van der Waals surface area (Å²) in [6.45, 7) is 3.06. The number of rotatable bonds is 7. The summed E-state index contributed by atoms with van der Waals surface area (Å²) >= 11 is 6.14. The zero-order chi connectivity index (χ0) is 18.8. The van der Waals surface area contributed by atoms with Gasteiger partial charge in [0.25, 0.3) is 0 Å². The molecule has 2 rings (SSSR count). The Morgan fingerprint density at radius 3 is 2.62 bits per heavy atom. The number of pyridine rings is 1. The molecular formula is C19H24ClN5O. The minimum Gasteiger partial charge on any atom is -0.356 e. The molecule has 6 nitrogen and oxygen atoms in total. The number of carbonyl (C=O) groups excluding carboxylic acids is 1. The first-order valence-corrected chi connectivity index (χ1v) is 8.87. The van der Waals surface area contributed by atoms with Gasteiger partial charge in [0.05, 0.1) is 0 Å². The van der Waals surface area contributed by atoms with E-state index in [0.717, 1.165) is 22.7 Å². The zero-order valence-electron chi connectivity index (χ0n) is 15.1. The SMILES string of the molecule is CN=C(NCCC(=O)Nc1cccc(C)n1)NCCc1ccccc1Cl. The predicted molar refractivity (Wildman–Crippen MR) is 107 cm³/mol. The second-order valence-electron chi connectivity index (χ2n) is 5.73. The molecule has 0 spiro atoms. The van der Waals surface area contributed by atoms with Crippen LogP contribution >= 0.6 is 11.6 Å². The van der Waals surface area contributed by atoms with E-state index in [9.17, 15) is 4.79 Å². The molecule has 1 aromatic carbocycles. The van der Waals surface area contributed by atoms with Crippen LogP contribution in [0.25, 0.3) is 0 Å². The van der Waals surface area contributed by atoms with Crippen LogP contribution in [0.1, 0.15) is 17.7 Å². The van der Waals surface area contributed by atoms with E-state index in [1.165, 1.54) is 0 Å². The maximum atomic E-state index is 12.0. The summed E-state index contributed by atoms with van der Waals surface area (Å²) in [5, 5.41) is 9.88. The Bertz CT molecular complexity index is 763. The van der Waals surface area contributed by atoms with Crippen molar-refractivity contribution in [2.24, 2.45) is 4.99 Å². The number of aromatic nitrogens is 1. The molecule has 0 saturated carbocycles. The molecule has 0 aliphatic rings. The van der Waals surface area contributed by atoms with Gasteiger partial charge >= 0.3 is 0 Å². The summed E-state index contributed by atoms with van der Waals surface area (Å²) in [7, 11) is 1.70. The number of nitrogens with one attached hydrogen (secondary N) is 3. The third kappa shape index (κ3) is 6.72. The minimum atomic E-state index is -0.0953. The Kier molecular flexibility index (Phi) is 7.89. The lowest BCUT2D eigenvalue weighted by Gasteiger charge is -2.12. The molecule has 26 heavy (non-hydrogen) atoms. The van der Waals surface area contributed by atoms with Crippen LogP contribution in [0.3, 0.4) is 0 Å². The molecule has 2 aromatic rings. The van der Waals surface area contributed by atoms with Gasteiger partial charge in [0.2, 0.25) is 5.91 Å². The Labute approximate surface area is 159 Å². The molecule has 0 unspecified atom stereocenters. The normalized spacial score (nSPS) is 11.1. The van der Waals surface area contributed by atoms with Crippen LogP contribution in [0.15, 0.2) is 47.5 Å². The molecular weight excluding hydrogens is 350 g/mol. The zero-order valence-corrected chi connectivity index (χ0v) is 15.8. The highest BCUT2D eigenvalue weighted by Gasteiger charge is 2.05. The highest BCUT2D eigenvalue weighted by atomic mass is 35.5. The molecule has 1 aromatic heterocycles. The van der Waals surface area contributed by atoms with Crippen molar-refractivity contribution in [3.8, 4) is 0 Å². The molecule has 0 bridgehead atoms. The van der Waals surface area contributed by atoms with Crippen LogP contribution in [0.4, 0.5) is 5.82 Å². The van der Waals surface area contributed by atoms with Crippen LogP contribution in [0, 0.1) is 6.92 Å². The third-order valence-electron chi connectivity index (χ3n) is 3.67. The Balaban J connectivity index is 1.68. The Morgan fingerprint density at radius 1 is 1.12 bits per heavy atom. The van der Waals surface area contributed by atoms with Crippen LogP contribution in [-0.4, -0.2) is 37.0 Å². The average molecular weight is 374 g/mol. The van der Waals surface area contributed by atoms with Crippen molar-refractivity contribution in [2.45, 2.75) is 19.8 Å². The topological polar surface area (TPSA) is 78.4 Å². The van der Waals surface area contributed by atoms with E-state index in [0.29, 0.717) is 31.3 Å². The van der Waals surface area contributed by atoms with Crippen LogP contribution in [0.2, 0.25) is 5.02 Å². The van der Waals surface area contributed by atoms with Gasteiger partial charge in [-0.25, -0.2) is 4.98 Å². The van der Waals surface area contributed by atoms with Crippen LogP contribution in [0.5, 0.6) is 0 Å². The lowest BCUT2D eigenvalue weighted by atomic mass is 10.1. The van der Waals surface area contributed by atoms with Gasteiger partial charge < -0.3 is 16.0 Å². The summed E-state index contributed by atoms with van der Waals surface area (Å²) in [6.07, 6.45) is 1.11. The van der Waals surface area contributed by atoms with Gasteiger partial charge in [0.15, 0.2) is 5.96 Å². The lowest BCUT2D eigenvalue weighted by Crippen LogP contribution is -2.39. The Hall–Kier alpha value is -2.60. The molecule has 7 heteroatoms. The summed E-state index contributed by atoms with van der Waals surface area (Å²) in [5.41, 5.74) is 1.95. The maximum Gasteiger partial charge on any atom is 0.227 e. The number of hydrogen-bond acceptors (Lipinski definition) is 3. The molecule has 0 saturated heterocycles. The van der Waals surface area contributed by atoms with Crippen molar-refractivity contribution in [2.75, 3.05) is 25.5 Å². The van der Waals surface area contributed by atoms with Crippen molar-refractivity contribution in [3.05, 3.63) is 58.7 Å². The number of anilines is 1. The number of aryl methyl sites for hydroxylation is 1. The second kappa shape index (κ2) is 10.4. The van der Waals surface area contributed by atoms with Crippen molar-refractivity contribution < 1.29 is 4.79 Å². The van der Waals surface area contributed by atoms with Crippen molar-refractivity contribution in [3.63, 3.8) is 0 Å². The fourth-order valence-electron chi connectivity index (χ4n) is 2.35. The fourth-order valence-corrected chi connectivity index (χ4v) is 2.58. The average Bonchev–Trinajstić information content (AvgIpc) is 2.62.